The molecule has 1 saturated heterocycles. The Morgan fingerprint density at radius 1 is 1.00 bits per heavy atom. The number of carbonyl (C=O) groups excluding carboxylic acids is 3. The molecule has 1 aromatic heterocycles. The summed E-state index contributed by atoms with van der Waals surface area (Å²) in [5.74, 6) is -1.72. The Kier molecular flexibility index (Phi) is 6.24. The molecule has 2 aromatic carbocycles. The monoisotopic (exact) mass is 510 g/mol. The summed E-state index contributed by atoms with van der Waals surface area (Å²) in [6, 6.07) is 16.1. The molecule has 35 heavy (non-hydrogen) atoms. The van der Waals surface area contributed by atoms with Crippen LogP contribution in [0.4, 0.5) is 5.69 Å². The summed E-state index contributed by atoms with van der Waals surface area (Å²) in [6.07, 6.45) is 0. The summed E-state index contributed by atoms with van der Waals surface area (Å²) in [7, 11) is 1.57. The lowest BCUT2D eigenvalue weighted by Crippen LogP contribution is -2.32. The Balaban J connectivity index is 1.64. The SMILES string of the molecule is CCOC(=O)Cn1c2c(sc1=O)[C@H](c1ccc(OC)cc1)C1C(=O)N(c3ccccc3)C(=O)C1S2. The highest BCUT2D eigenvalue weighted by Crippen LogP contribution is 2.53. The number of thiazole rings is 1. The lowest BCUT2D eigenvalue weighted by molar-refractivity contribution is -0.144. The van der Waals surface area contributed by atoms with E-state index < -0.39 is 23.1 Å². The Labute approximate surface area is 209 Å². The van der Waals surface area contributed by atoms with Gasteiger partial charge in [0.1, 0.15) is 17.5 Å². The molecular formula is C25H22N2O6S2. The van der Waals surface area contributed by atoms with E-state index in [-0.39, 0.29) is 29.8 Å². The summed E-state index contributed by atoms with van der Waals surface area (Å²) in [5.41, 5.74) is 1.31. The third-order valence-corrected chi connectivity index (χ3v) is 8.73. The molecule has 0 N–H and O–H groups in total. The van der Waals surface area contributed by atoms with Crippen molar-refractivity contribution in [1.82, 2.24) is 4.57 Å². The second kappa shape index (κ2) is 9.35. The van der Waals surface area contributed by atoms with Gasteiger partial charge in [0.2, 0.25) is 11.8 Å². The summed E-state index contributed by atoms with van der Waals surface area (Å²) >= 11 is 2.18. The summed E-state index contributed by atoms with van der Waals surface area (Å²) < 4.78 is 11.7. The number of fused-ring (bicyclic) bond motifs is 2. The average Bonchev–Trinajstić information content (AvgIpc) is 3.31. The van der Waals surface area contributed by atoms with E-state index in [1.807, 2.05) is 18.2 Å². The number of imide groups is 1. The molecule has 2 amide bonds. The second-order valence-electron chi connectivity index (χ2n) is 8.09. The second-order valence-corrected chi connectivity index (χ2v) is 10.2. The molecule has 180 valence electrons. The van der Waals surface area contributed by atoms with E-state index in [0.717, 1.165) is 16.9 Å². The van der Waals surface area contributed by atoms with Gasteiger partial charge in [-0.25, -0.2) is 4.90 Å². The highest BCUT2D eigenvalue weighted by Gasteiger charge is 2.56. The lowest BCUT2D eigenvalue weighted by atomic mass is 9.83. The van der Waals surface area contributed by atoms with Crippen LogP contribution in [0, 0.1) is 5.92 Å². The van der Waals surface area contributed by atoms with Crippen molar-refractivity contribution in [1.29, 1.82) is 0 Å². The van der Waals surface area contributed by atoms with Crippen LogP contribution >= 0.6 is 23.1 Å². The molecule has 2 unspecified atom stereocenters. The van der Waals surface area contributed by atoms with E-state index in [2.05, 4.69) is 0 Å². The predicted octanol–water partition coefficient (Wildman–Crippen LogP) is 3.28. The number of esters is 1. The number of para-hydroxylation sites is 1. The van der Waals surface area contributed by atoms with Crippen molar-refractivity contribution < 1.29 is 23.9 Å². The average molecular weight is 511 g/mol. The minimum atomic E-state index is -0.732. The number of amides is 2. The minimum absolute atomic E-state index is 0.200. The van der Waals surface area contributed by atoms with Crippen molar-refractivity contribution >= 4 is 46.6 Å². The van der Waals surface area contributed by atoms with Gasteiger partial charge in [0.25, 0.3) is 0 Å². The largest absolute Gasteiger partial charge is 0.497 e. The van der Waals surface area contributed by atoms with Crippen LogP contribution in [0.25, 0.3) is 0 Å². The van der Waals surface area contributed by atoms with Crippen LogP contribution in [-0.4, -0.2) is 41.3 Å². The minimum Gasteiger partial charge on any atom is -0.497 e. The van der Waals surface area contributed by atoms with Crippen molar-refractivity contribution in [3.8, 4) is 5.75 Å². The maximum atomic E-state index is 13.7. The van der Waals surface area contributed by atoms with Crippen LogP contribution < -0.4 is 14.5 Å². The molecule has 3 heterocycles. The van der Waals surface area contributed by atoms with Crippen LogP contribution in [0.3, 0.4) is 0 Å². The number of carbonyl (C=O) groups is 3. The normalized spacial score (nSPS) is 21.0. The highest BCUT2D eigenvalue weighted by molar-refractivity contribution is 8.00. The van der Waals surface area contributed by atoms with Gasteiger partial charge in [-0.2, -0.15) is 0 Å². The number of nitrogens with zero attached hydrogens (tertiary/aromatic N) is 2. The molecule has 2 aliphatic rings. The number of anilines is 1. The van der Waals surface area contributed by atoms with Gasteiger partial charge < -0.3 is 9.47 Å². The Morgan fingerprint density at radius 3 is 2.37 bits per heavy atom. The molecule has 0 spiro atoms. The molecule has 10 heteroatoms. The lowest BCUT2D eigenvalue weighted by Gasteiger charge is -2.30. The van der Waals surface area contributed by atoms with E-state index >= 15 is 0 Å². The van der Waals surface area contributed by atoms with E-state index in [1.54, 1.807) is 50.4 Å². The first-order valence-corrected chi connectivity index (χ1v) is 12.8. The molecule has 8 nitrogen and oxygen atoms in total. The smallest absolute Gasteiger partial charge is 0.326 e. The van der Waals surface area contributed by atoms with Crippen molar-refractivity contribution in [3.63, 3.8) is 0 Å². The molecule has 2 aliphatic heterocycles. The maximum Gasteiger partial charge on any atom is 0.326 e. The summed E-state index contributed by atoms with van der Waals surface area (Å²) in [6.45, 7) is 1.65. The molecule has 3 atom stereocenters. The van der Waals surface area contributed by atoms with Crippen molar-refractivity contribution in [3.05, 3.63) is 74.7 Å². The van der Waals surface area contributed by atoms with Crippen LogP contribution in [0.5, 0.6) is 5.75 Å². The van der Waals surface area contributed by atoms with Crippen LogP contribution in [-0.2, 0) is 25.7 Å². The number of hydrogen-bond donors (Lipinski definition) is 0. The van der Waals surface area contributed by atoms with Gasteiger partial charge >= 0.3 is 10.8 Å². The topological polar surface area (TPSA) is 94.9 Å². The summed E-state index contributed by atoms with van der Waals surface area (Å²) in [5, 5.41) is -0.198. The molecule has 0 bridgehead atoms. The van der Waals surface area contributed by atoms with Crippen LogP contribution in [0.15, 0.2) is 64.4 Å². The fraction of sp³-hybridized carbons (Fsp3) is 0.280. The number of aromatic nitrogens is 1. The van der Waals surface area contributed by atoms with Crippen LogP contribution in [0.2, 0.25) is 0 Å². The van der Waals surface area contributed by atoms with E-state index in [0.29, 0.717) is 21.3 Å². The zero-order valence-electron chi connectivity index (χ0n) is 19.0. The van der Waals surface area contributed by atoms with Crippen LogP contribution in [0.1, 0.15) is 23.3 Å². The molecule has 0 aliphatic carbocycles. The molecule has 5 rings (SSSR count). The van der Waals surface area contributed by atoms with Gasteiger partial charge in [-0.05, 0) is 36.8 Å². The van der Waals surface area contributed by atoms with Crippen molar-refractivity contribution in [2.75, 3.05) is 18.6 Å². The first kappa shape index (κ1) is 23.4. The van der Waals surface area contributed by atoms with Crippen molar-refractivity contribution in [2.24, 2.45) is 5.92 Å². The number of ether oxygens (including phenoxy) is 2. The summed E-state index contributed by atoms with van der Waals surface area (Å²) in [4.78, 5) is 54.1. The van der Waals surface area contributed by atoms with E-state index in [1.165, 1.54) is 21.2 Å². The number of benzene rings is 2. The van der Waals surface area contributed by atoms with Crippen molar-refractivity contribution in [2.45, 2.75) is 29.7 Å². The Hall–Kier alpha value is -3.37. The van der Waals surface area contributed by atoms with Gasteiger partial charge in [-0.15, -0.1) is 0 Å². The zero-order valence-corrected chi connectivity index (χ0v) is 20.6. The fourth-order valence-electron chi connectivity index (χ4n) is 4.59. The van der Waals surface area contributed by atoms with E-state index in [4.69, 9.17) is 9.47 Å². The van der Waals surface area contributed by atoms with Gasteiger partial charge in [0, 0.05) is 10.8 Å². The first-order valence-electron chi connectivity index (χ1n) is 11.1. The van der Waals surface area contributed by atoms with Gasteiger partial charge in [0.15, 0.2) is 0 Å². The van der Waals surface area contributed by atoms with Gasteiger partial charge in [-0.1, -0.05) is 53.4 Å². The molecule has 3 aromatic rings. The third kappa shape index (κ3) is 3.96. The van der Waals surface area contributed by atoms with E-state index in [9.17, 15) is 19.2 Å². The standard InChI is InChI=1S/C25H22N2O6S2/c1-3-33-17(28)13-26-24-21(35-25(26)31)18(14-9-11-16(32-2)12-10-14)19-20(34-24)23(30)27(22(19)29)15-7-5-4-6-8-15/h4-12,18-20H,3,13H2,1-2H3/t18-,19?,20?/m1/s1. The van der Waals surface area contributed by atoms with Gasteiger partial charge in [0.05, 0.1) is 30.3 Å². The molecule has 1 fully saturated rings. The zero-order chi connectivity index (χ0) is 24.7. The number of rotatable bonds is 6. The highest BCUT2D eigenvalue weighted by atomic mass is 32.2. The predicted molar refractivity (Wildman–Crippen MR) is 132 cm³/mol. The fourth-order valence-corrected chi connectivity index (χ4v) is 7.37. The van der Waals surface area contributed by atoms with Gasteiger partial charge in [-0.3, -0.25) is 23.7 Å². The first-order chi connectivity index (χ1) is 16.9. The number of thioether (sulfide) groups is 1. The Bertz CT molecular complexity index is 1350. The molecular weight excluding hydrogens is 488 g/mol. The maximum absolute atomic E-state index is 13.7. The number of methoxy groups -OCH3 is 1. The Morgan fingerprint density at radius 2 is 1.71 bits per heavy atom. The quantitative estimate of drug-likeness (QED) is 0.371. The third-order valence-electron chi connectivity index (χ3n) is 6.13. The molecule has 0 radical (unpaired) electrons. The molecule has 0 saturated carbocycles. The number of hydrogen-bond acceptors (Lipinski definition) is 8.